The smallest absolute Gasteiger partial charge is 0.130 e. The van der Waals surface area contributed by atoms with Crippen LogP contribution in [-0.2, 0) is 5.60 Å². The topological polar surface area (TPSA) is 20.2 Å². The van der Waals surface area contributed by atoms with Gasteiger partial charge in [-0.2, -0.15) is 12.6 Å². The first-order valence-corrected chi connectivity index (χ1v) is 7.81. The van der Waals surface area contributed by atoms with Crippen molar-refractivity contribution in [3.05, 3.63) is 108 Å². The van der Waals surface area contributed by atoms with Crippen molar-refractivity contribution in [2.75, 3.05) is 0 Å². The molecule has 1 nitrogen and oxygen atoms in total. The highest BCUT2D eigenvalue weighted by Crippen LogP contribution is 2.44. The Morgan fingerprint density at radius 2 is 1.00 bits per heavy atom. The van der Waals surface area contributed by atoms with E-state index < -0.39 is 5.60 Å². The Labute approximate surface area is 136 Å². The summed E-state index contributed by atoms with van der Waals surface area (Å²) in [5.41, 5.74) is 1.48. The fraction of sp³-hybridized carbons (Fsp3) is 0.100. The third-order valence-corrected chi connectivity index (χ3v) is 4.61. The van der Waals surface area contributed by atoms with Gasteiger partial charge >= 0.3 is 0 Å². The average Bonchev–Trinajstić information content (AvgIpc) is 2.62. The van der Waals surface area contributed by atoms with Gasteiger partial charge in [0, 0.05) is 0 Å². The lowest BCUT2D eigenvalue weighted by Gasteiger charge is -2.35. The maximum absolute atomic E-state index is 11.6. The highest BCUT2D eigenvalue weighted by Gasteiger charge is 2.39. The molecule has 1 N–H and O–H groups in total. The van der Waals surface area contributed by atoms with E-state index in [1.807, 2.05) is 91.0 Å². The van der Waals surface area contributed by atoms with Crippen LogP contribution in [0.3, 0.4) is 0 Å². The van der Waals surface area contributed by atoms with Crippen molar-refractivity contribution < 1.29 is 5.11 Å². The van der Waals surface area contributed by atoms with E-state index in [4.69, 9.17) is 12.6 Å². The molecular weight excluding hydrogens is 288 g/mol. The van der Waals surface area contributed by atoms with Gasteiger partial charge in [0.15, 0.2) is 0 Å². The molecule has 0 saturated heterocycles. The average molecular weight is 306 g/mol. The van der Waals surface area contributed by atoms with E-state index in [0.29, 0.717) is 0 Å². The maximum Gasteiger partial charge on any atom is 0.130 e. The number of benzene rings is 3. The van der Waals surface area contributed by atoms with Gasteiger partial charge in [0.05, 0.1) is 5.25 Å². The number of hydrogen-bond acceptors (Lipinski definition) is 2. The summed E-state index contributed by atoms with van der Waals surface area (Å²) in [6.07, 6.45) is 0. The van der Waals surface area contributed by atoms with Crippen molar-refractivity contribution in [1.29, 1.82) is 0 Å². The van der Waals surface area contributed by atoms with Crippen LogP contribution in [-0.4, -0.2) is 5.11 Å². The second-order valence-electron chi connectivity index (χ2n) is 5.31. The molecule has 3 aromatic rings. The predicted molar refractivity (Wildman–Crippen MR) is 94.1 cm³/mol. The number of rotatable bonds is 4. The summed E-state index contributed by atoms with van der Waals surface area (Å²) >= 11 is 4.77. The molecule has 0 saturated carbocycles. The molecule has 0 radical (unpaired) electrons. The minimum atomic E-state index is -1.19. The van der Waals surface area contributed by atoms with Gasteiger partial charge in [-0.1, -0.05) is 91.0 Å². The van der Waals surface area contributed by atoms with Gasteiger partial charge in [0.25, 0.3) is 0 Å². The lowest BCUT2D eigenvalue weighted by atomic mass is 9.81. The molecule has 0 heterocycles. The molecule has 0 aromatic heterocycles. The second-order valence-corrected chi connectivity index (χ2v) is 5.83. The minimum Gasteiger partial charge on any atom is -0.379 e. The van der Waals surface area contributed by atoms with Crippen molar-refractivity contribution in [3.63, 3.8) is 0 Å². The van der Waals surface area contributed by atoms with E-state index >= 15 is 0 Å². The fourth-order valence-electron chi connectivity index (χ4n) is 2.74. The van der Waals surface area contributed by atoms with Crippen LogP contribution in [0.25, 0.3) is 0 Å². The largest absolute Gasteiger partial charge is 0.379 e. The summed E-state index contributed by atoms with van der Waals surface area (Å²) < 4.78 is 0. The van der Waals surface area contributed by atoms with Gasteiger partial charge in [0.1, 0.15) is 5.60 Å². The Balaban J connectivity index is 2.16. The molecule has 22 heavy (non-hydrogen) atoms. The molecule has 0 aliphatic heterocycles. The van der Waals surface area contributed by atoms with Gasteiger partial charge in [0.2, 0.25) is 0 Å². The standard InChI is InChI=1S/C20H18OS/c21-20(17-12-6-2-7-13-17,18-14-8-3-9-15-18)19(22)16-10-4-1-5-11-16/h1-15,19,21-22H. The van der Waals surface area contributed by atoms with Crippen molar-refractivity contribution in [2.45, 2.75) is 10.9 Å². The van der Waals surface area contributed by atoms with Crippen LogP contribution in [0.5, 0.6) is 0 Å². The Morgan fingerprint density at radius 3 is 1.41 bits per heavy atom. The molecule has 0 spiro atoms. The van der Waals surface area contributed by atoms with Crippen LogP contribution in [0, 0.1) is 0 Å². The Morgan fingerprint density at radius 1 is 0.636 bits per heavy atom. The van der Waals surface area contributed by atoms with Gasteiger partial charge in [-0.15, -0.1) is 0 Å². The molecule has 0 aliphatic rings. The van der Waals surface area contributed by atoms with Gasteiger partial charge < -0.3 is 5.11 Å². The highest BCUT2D eigenvalue weighted by atomic mass is 32.1. The summed E-state index contributed by atoms with van der Waals surface area (Å²) in [5.74, 6) is 0. The molecule has 3 rings (SSSR count). The number of thiol groups is 1. The van der Waals surface area contributed by atoms with E-state index in [1.165, 1.54) is 0 Å². The van der Waals surface area contributed by atoms with E-state index in [2.05, 4.69) is 0 Å². The van der Waals surface area contributed by atoms with Crippen molar-refractivity contribution >= 4 is 12.6 Å². The summed E-state index contributed by atoms with van der Waals surface area (Å²) in [6.45, 7) is 0. The molecule has 1 atom stereocenters. The summed E-state index contributed by atoms with van der Waals surface area (Å²) in [7, 11) is 0. The molecule has 0 amide bonds. The van der Waals surface area contributed by atoms with Crippen LogP contribution in [0.2, 0.25) is 0 Å². The summed E-state index contributed by atoms with van der Waals surface area (Å²) in [5, 5.41) is 11.2. The zero-order chi connectivity index (χ0) is 15.4. The molecule has 0 fully saturated rings. The molecule has 0 bridgehead atoms. The minimum absolute atomic E-state index is 0.363. The monoisotopic (exact) mass is 306 g/mol. The summed E-state index contributed by atoms with van der Waals surface area (Å²) in [6, 6.07) is 29.3. The first-order valence-electron chi connectivity index (χ1n) is 7.29. The van der Waals surface area contributed by atoms with Crippen LogP contribution in [0.15, 0.2) is 91.0 Å². The van der Waals surface area contributed by atoms with Gasteiger partial charge in [-0.25, -0.2) is 0 Å². The van der Waals surface area contributed by atoms with E-state index in [1.54, 1.807) is 0 Å². The quantitative estimate of drug-likeness (QED) is 0.675. The molecule has 0 aliphatic carbocycles. The third-order valence-electron chi connectivity index (χ3n) is 3.94. The lowest BCUT2D eigenvalue weighted by Crippen LogP contribution is -2.32. The van der Waals surface area contributed by atoms with E-state index in [-0.39, 0.29) is 5.25 Å². The normalized spacial score (nSPS) is 12.8. The number of aliphatic hydroxyl groups is 1. The van der Waals surface area contributed by atoms with Crippen molar-refractivity contribution in [1.82, 2.24) is 0 Å². The Bertz CT molecular complexity index is 671. The fourth-order valence-corrected chi connectivity index (χ4v) is 3.21. The van der Waals surface area contributed by atoms with Crippen molar-refractivity contribution in [2.24, 2.45) is 0 Å². The number of hydrogen-bond donors (Lipinski definition) is 2. The molecule has 2 heteroatoms. The molecule has 1 unspecified atom stereocenters. The van der Waals surface area contributed by atoms with E-state index in [0.717, 1.165) is 16.7 Å². The molecule has 3 aromatic carbocycles. The third kappa shape index (κ3) is 2.68. The Hall–Kier alpha value is -2.03. The van der Waals surface area contributed by atoms with Crippen molar-refractivity contribution in [3.8, 4) is 0 Å². The van der Waals surface area contributed by atoms with Crippen LogP contribution in [0.1, 0.15) is 21.9 Å². The summed E-state index contributed by atoms with van der Waals surface area (Å²) in [4.78, 5) is 0. The molecular formula is C20H18OS. The SMILES string of the molecule is OC(c1ccccc1)(c1ccccc1)C(S)c1ccccc1. The van der Waals surface area contributed by atoms with Gasteiger partial charge in [-0.05, 0) is 16.7 Å². The second kappa shape index (κ2) is 6.39. The zero-order valence-corrected chi connectivity index (χ0v) is 13.0. The lowest BCUT2D eigenvalue weighted by molar-refractivity contribution is 0.0783. The predicted octanol–water partition coefficient (Wildman–Crippen LogP) is 4.59. The van der Waals surface area contributed by atoms with Crippen LogP contribution >= 0.6 is 12.6 Å². The molecule has 110 valence electrons. The van der Waals surface area contributed by atoms with Crippen LogP contribution in [0.4, 0.5) is 0 Å². The van der Waals surface area contributed by atoms with E-state index in [9.17, 15) is 5.11 Å². The highest BCUT2D eigenvalue weighted by molar-refractivity contribution is 7.80. The zero-order valence-electron chi connectivity index (χ0n) is 12.1. The maximum atomic E-state index is 11.6. The van der Waals surface area contributed by atoms with Gasteiger partial charge in [-0.3, -0.25) is 0 Å². The Kier molecular flexibility index (Phi) is 4.32. The first kappa shape index (κ1) is 14.9. The van der Waals surface area contributed by atoms with Crippen LogP contribution < -0.4 is 0 Å². The first-order chi connectivity index (χ1) is 10.7.